The summed E-state index contributed by atoms with van der Waals surface area (Å²) in [6.07, 6.45) is 0.533. The zero-order valence-corrected chi connectivity index (χ0v) is 10.7. The molecule has 1 aliphatic rings. The van der Waals surface area contributed by atoms with Gasteiger partial charge in [0.25, 0.3) is 0 Å². The van der Waals surface area contributed by atoms with Crippen LogP contribution in [-0.4, -0.2) is 27.0 Å². The van der Waals surface area contributed by atoms with Crippen LogP contribution in [0.2, 0.25) is 18.1 Å². The predicted octanol–water partition coefficient (Wildman–Crippen LogP) is 2.32. The Bertz CT molecular complexity index is 222. The second kappa shape index (κ2) is 3.66. The number of esters is 1. The van der Waals surface area contributed by atoms with Crippen LogP contribution >= 0.6 is 0 Å². The molecule has 1 fully saturated rings. The van der Waals surface area contributed by atoms with E-state index in [0.29, 0.717) is 13.0 Å². The van der Waals surface area contributed by atoms with Crippen molar-refractivity contribution in [3.63, 3.8) is 0 Å². The molecule has 82 valence electrons. The maximum Gasteiger partial charge on any atom is 0.310 e. The lowest BCUT2D eigenvalue weighted by Gasteiger charge is -2.38. The van der Waals surface area contributed by atoms with Gasteiger partial charge in [0.15, 0.2) is 8.32 Å². The SMILES string of the molecule is CC(C)(C)[Si](C)(C)OCC1CC(=O)O1. The Kier molecular flexibility index (Phi) is 3.06. The lowest BCUT2D eigenvalue weighted by atomic mass is 10.2. The van der Waals surface area contributed by atoms with Crippen molar-refractivity contribution in [1.29, 1.82) is 0 Å². The Morgan fingerprint density at radius 2 is 2.00 bits per heavy atom. The third kappa shape index (κ3) is 2.57. The number of carbonyl (C=O) groups is 1. The van der Waals surface area contributed by atoms with Crippen LogP contribution in [0.1, 0.15) is 27.2 Å². The summed E-state index contributed by atoms with van der Waals surface area (Å²) in [6, 6.07) is 0. The molecule has 4 heteroatoms. The Hall–Kier alpha value is -0.353. The van der Waals surface area contributed by atoms with Crippen molar-refractivity contribution in [2.24, 2.45) is 0 Å². The molecule has 0 aliphatic carbocycles. The summed E-state index contributed by atoms with van der Waals surface area (Å²) in [5.41, 5.74) is 0. The van der Waals surface area contributed by atoms with Crippen LogP contribution in [0.25, 0.3) is 0 Å². The van der Waals surface area contributed by atoms with Gasteiger partial charge in [-0.3, -0.25) is 4.79 Å². The van der Waals surface area contributed by atoms with Gasteiger partial charge in [-0.15, -0.1) is 0 Å². The molecular weight excluding hydrogens is 196 g/mol. The molecule has 0 aromatic heterocycles. The first-order chi connectivity index (χ1) is 6.22. The molecule has 1 rings (SSSR count). The monoisotopic (exact) mass is 216 g/mol. The average Bonchev–Trinajstić information content (AvgIpc) is 1.93. The van der Waals surface area contributed by atoms with Gasteiger partial charge in [-0.25, -0.2) is 0 Å². The van der Waals surface area contributed by atoms with Gasteiger partial charge in [0.05, 0.1) is 13.0 Å². The van der Waals surface area contributed by atoms with Crippen molar-refractivity contribution in [2.75, 3.05) is 6.61 Å². The highest BCUT2D eigenvalue weighted by atomic mass is 28.4. The molecule has 1 saturated heterocycles. The van der Waals surface area contributed by atoms with Gasteiger partial charge in [-0.1, -0.05) is 20.8 Å². The van der Waals surface area contributed by atoms with Gasteiger partial charge < -0.3 is 9.16 Å². The van der Waals surface area contributed by atoms with E-state index >= 15 is 0 Å². The zero-order chi connectivity index (χ0) is 11.0. The van der Waals surface area contributed by atoms with Crippen molar-refractivity contribution >= 4 is 14.3 Å². The topological polar surface area (TPSA) is 35.5 Å². The van der Waals surface area contributed by atoms with Crippen LogP contribution in [0, 0.1) is 0 Å². The van der Waals surface area contributed by atoms with Gasteiger partial charge >= 0.3 is 5.97 Å². The van der Waals surface area contributed by atoms with E-state index in [1.54, 1.807) is 0 Å². The molecular formula is C10H20O3Si. The van der Waals surface area contributed by atoms with Crippen LogP contribution in [-0.2, 0) is 14.0 Å². The molecule has 0 bridgehead atoms. The normalized spacial score (nSPS) is 22.9. The fourth-order valence-electron chi connectivity index (χ4n) is 0.973. The number of ether oxygens (including phenoxy) is 1. The van der Waals surface area contributed by atoms with Crippen molar-refractivity contribution < 1.29 is 14.0 Å². The number of carbonyl (C=O) groups excluding carboxylic acids is 1. The summed E-state index contributed by atoms with van der Waals surface area (Å²) in [4.78, 5) is 10.6. The van der Waals surface area contributed by atoms with E-state index in [2.05, 4.69) is 33.9 Å². The molecule has 0 spiro atoms. The Morgan fingerprint density at radius 1 is 1.50 bits per heavy atom. The number of rotatable bonds is 3. The molecule has 0 saturated carbocycles. The lowest BCUT2D eigenvalue weighted by Crippen LogP contribution is -2.45. The Balaban J connectivity index is 2.33. The molecule has 1 aliphatic heterocycles. The van der Waals surface area contributed by atoms with Crippen molar-refractivity contribution in [3.8, 4) is 0 Å². The molecule has 1 unspecified atom stereocenters. The molecule has 0 aromatic rings. The van der Waals surface area contributed by atoms with Crippen molar-refractivity contribution in [2.45, 2.75) is 51.4 Å². The van der Waals surface area contributed by atoms with E-state index in [-0.39, 0.29) is 17.1 Å². The molecule has 0 N–H and O–H groups in total. The quantitative estimate of drug-likeness (QED) is 0.536. The summed E-state index contributed by atoms with van der Waals surface area (Å²) in [6.45, 7) is 11.6. The molecule has 0 aromatic carbocycles. The molecule has 14 heavy (non-hydrogen) atoms. The number of hydrogen-bond acceptors (Lipinski definition) is 3. The van der Waals surface area contributed by atoms with Crippen molar-refractivity contribution in [3.05, 3.63) is 0 Å². The van der Waals surface area contributed by atoms with Gasteiger partial charge in [0.2, 0.25) is 0 Å². The molecule has 3 nitrogen and oxygen atoms in total. The smallest absolute Gasteiger partial charge is 0.310 e. The third-order valence-corrected chi connectivity index (χ3v) is 7.63. The summed E-state index contributed by atoms with van der Waals surface area (Å²) in [7, 11) is -1.66. The summed E-state index contributed by atoms with van der Waals surface area (Å²) >= 11 is 0. The summed E-state index contributed by atoms with van der Waals surface area (Å²) in [5, 5.41) is 0.223. The average molecular weight is 216 g/mol. The molecule has 1 atom stereocenters. The standard InChI is InChI=1S/C10H20O3Si/c1-10(2,3)14(4,5)12-7-8-6-9(11)13-8/h8H,6-7H2,1-5H3. The number of hydrogen-bond donors (Lipinski definition) is 0. The van der Waals surface area contributed by atoms with E-state index in [1.165, 1.54) is 0 Å². The lowest BCUT2D eigenvalue weighted by molar-refractivity contribution is -0.172. The first-order valence-electron chi connectivity index (χ1n) is 5.06. The van der Waals surface area contributed by atoms with Crippen LogP contribution in [0.5, 0.6) is 0 Å². The van der Waals surface area contributed by atoms with Crippen LogP contribution in [0.4, 0.5) is 0 Å². The van der Waals surface area contributed by atoms with Crippen LogP contribution < -0.4 is 0 Å². The van der Waals surface area contributed by atoms with E-state index < -0.39 is 8.32 Å². The van der Waals surface area contributed by atoms with Gasteiger partial charge in [-0.05, 0) is 18.1 Å². The summed E-state index contributed by atoms with van der Waals surface area (Å²) < 4.78 is 10.8. The highest BCUT2D eigenvalue weighted by Crippen LogP contribution is 2.36. The zero-order valence-electron chi connectivity index (χ0n) is 9.72. The maximum absolute atomic E-state index is 10.6. The highest BCUT2D eigenvalue weighted by Gasteiger charge is 2.39. The van der Waals surface area contributed by atoms with E-state index in [9.17, 15) is 4.79 Å². The minimum atomic E-state index is -1.66. The second-order valence-electron chi connectivity index (χ2n) is 5.39. The maximum atomic E-state index is 10.6. The molecule has 0 amide bonds. The van der Waals surface area contributed by atoms with E-state index in [0.717, 1.165) is 0 Å². The minimum absolute atomic E-state index is 0.0108. The number of cyclic esters (lactones) is 1. The van der Waals surface area contributed by atoms with Crippen molar-refractivity contribution in [1.82, 2.24) is 0 Å². The van der Waals surface area contributed by atoms with Crippen LogP contribution in [0.3, 0.4) is 0 Å². The second-order valence-corrected chi connectivity index (χ2v) is 10.2. The van der Waals surface area contributed by atoms with Gasteiger partial charge in [0, 0.05) is 0 Å². The molecule has 1 heterocycles. The fraction of sp³-hybridized carbons (Fsp3) is 0.900. The Morgan fingerprint density at radius 3 is 2.36 bits per heavy atom. The third-order valence-electron chi connectivity index (χ3n) is 3.13. The van der Waals surface area contributed by atoms with E-state index in [4.69, 9.17) is 9.16 Å². The summed E-state index contributed by atoms with van der Waals surface area (Å²) in [5.74, 6) is -0.103. The highest BCUT2D eigenvalue weighted by molar-refractivity contribution is 6.74. The van der Waals surface area contributed by atoms with E-state index in [1.807, 2.05) is 0 Å². The molecule has 0 radical (unpaired) electrons. The predicted molar refractivity (Wildman–Crippen MR) is 57.6 cm³/mol. The first kappa shape index (κ1) is 11.7. The largest absolute Gasteiger partial charge is 0.459 e. The van der Waals surface area contributed by atoms with Gasteiger partial charge in [-0.2, -0.15) is 0 Å². The first-order valence-corrected chi connectivity index (χ1v) is 7.97. The fourth-order valence-corrected chi connectivity index (χ4v) is 2.01. The minimum Gasteiger partial charge on any atom is -0.459 e. The van der Waals surface area contributed by atoms with Crippen LogP contribution in [0.15, 0.2) is 0 Å². The Labute approximate surface area is 86.9 Å². The van der Waals surface area contributed by atoms with Gasteiger partial charge in [0.1, 0.15) is 6.10 Å².